The number of carboxylic acids is 1. The summed E-state index contributed by atoms with van der Waals surface area (Å²) in [7, 11) is 0. The van der Waals surface area contributed by atoms with Gasteiger partial charge in [-0.1, -0.05) is 6.92 Å². The van der Waals surface area contributed by atoms with E-state index >= 15 is 0 Å². The summed E-state index contributed by atoms with van der Waals surface area (Å²) >= 11 is 0. The Hall–Kier alpha value is -1.85. The zero-order chi connectivity index (χ0) is 14.6. The van der Waals surface area contributed by atoms with Gasteiger partial charge in [0.1, 0.15) is 0 Å². The lowest BCUT2D eigenvalue weighted by Gasteiger charge is -2.37. The number of carboxylic acid groups (broad SMARTS) is 1. The van der Waals surface area contributed by atoms with Crippen LogP contribution in [0, 0.1) is 5.41 Å². The number of aromatic nitrogens is 2. The molecule has 1 aromatic rings. The van der Waals surface area contributed by atoms with Gasteiger partial charge in [-0.2, -0.15) is 4.98 Å². The summed E-state index contributed by atoms with van der Waals surface area (Å²) in [6.07, 6.45) is 4.08. The first kappa shape index (κ1) is 14.6. The molecule has 0 aromatic carbocycles. The fraction of sp³-hybridized carbons (Fsp3) is 0.643. The van der Waals surface area contributed by atoms with Crippen LogP contribution in [0.3, 0.4) is 0 Å². The summed E-state index contributed by atoms with van der Waals surface area (Å²) in [6.45, 7) is 5.63. The highest BCUT2D eigenvalue weighted by molar-refractivity contribution is 5.75. The van der Waals surface area contributed by atoms with E-state index in [2.05, 4.69) is 9.97 Å². The summed E-state index contributed by atoms with van der Waals surface area (Å²) in [5, 5.41) is 9.34. The molecule has 1 saturated heterocycles. The van der Waals surface area contributed by atoms with Gasteiger partial charge < -0.3 is 14.7 Å². The Morgan fingerprint density at radius 1 is 1.60 bits per heavy atom. The molecule has 1 N–H and O–H groups in total. The van der Waals surface area contributed by atoms with Crippen LogP contribution in [0.4, 0.5) is 5.95 Å². The van der Waals surface area contributed by atoms with Crippen LogP contribution < -0.4 is 9.64 Å². The van der Waals surface area contributed by atoms with Gasteiger partial charge >= 0.3 is 5.97 Å². The van der Waals surface area contributed by atoms with E-state index < -0.39 is 11.4 Å². The van der Waals surface area contributed by atoms with Gasteiger partial charge in [0.2, 0.25) is 11.8 Å². The van der Waals surface area contributed by atoms with Crippen molar-refractivity contribution in [3.63, 3.8) is 0 Å². The van der Waals surface area contributed by atoms with Gasteiger partial charge in [-0.3, -0.25) is 4.79 Å². The molecule has 1 aliphatic heterocycles. The van der Waals surface area contributed by atoms with Crippen molar-refractivity contribution in [3.05, 3.63) is 12.3 Å². The maximum Gasteiger partial charge on any atom is 0.311 e. The number of ether oxygens (including phenoxy) is 1. The van der Waals surface area contributed by atoms with Crippen molar-refractivity contribution in [3.8, 4) is 5.88 Å². The average molecular weight is 279 g/mol. The Morgan fingerprint density at radius 3 is 3.10 bits per heavy atom. The summed E-state index contributed by atoms with van der Waals surface area (Å²) in [5.74, 6) is 0.325. The van der Waals surface area contributed by atoms with Crippen molar-refractivity contribution in [1.82, 2.24) is 9.97 Å². The Labute approximate surface area is 118 Å². The molecule has 20 heavy (non-hydrogen) atoms. The maximum atomic E-state index is 11.4. The molecule has 0 bridgehead atoms. The van der Waals surface area contributed by atoms with Crippen molar-refractivity contribution in [2.24, 2.45) is 5.41 Å². The molecular weight excluding hydrogens is 258 g/mol. The molecule has 1 aliphatic rings. The molecule has 2 rings (SSSR count). The number of rotatable bonds is 5. The second-order valence-corrected chi connectivity index (χ2v) is 5.43. The lowest BCUT2D eigenvalue weighted by molar-refractivity contribution is -0.148. The van der Waals surface area contributed by atoms with E-state index in [9.17, 15) is 9.90 Å². The predicted octanol–water partition coefficient (Wildman–Crippen LogP) is 1.96. The quantitative estimate of drug-likeness (QED) is 0.888. The minimum Gasteiger partial charge on any atom is -0.481 e. The van der Waals surface area contributed by atoms with Gasteiger partial charge in [0.25, 0.3) is 0 Å². The number of hydrogen-bond donors (Lipinski definition) is 1. The highest BCUT2D eigenvalue weighted by Gasteiger charge is 2.38. The Kier molecular flexibility index (Phi) is 4.42. The maximum absolute atomic E-state index is 11.4. The molecule has 1 atom stereocenters. The lowest BCUT2D eigenvalue weighted by atomic mass is 9.82. The molecule has 0 radical (unpaired) electrons. The minimum atomic E-state index is -0.763. The first-order valence-corrected chi connectivity index (χ1v) is 6.99. The second kappa shape index (κ2) is 6.07. The van der Waals surface area contributed by atoms with Crippen molar-refractivity contribution < 1.29 is 14.6 Å². The topological polar surface area (TPSA) is 75.5 Å². The van der Waals surface area contributed by atoms with Crippen LogP contribution in [-0.2, 0) is 4.79 Å². The van der Waals surface area contributed by atoms with Crippen LogP contribution in [0.25, 0.3) is 0 Å². The largest absolute Gasteiger partial charge is 0.481 e. The van der Waals surface area contributed by atoms with Gasteiger partial charge in [-0.05, 0) is 26.2 Å². The highest BCUT2D eigenvalue weighted by Crippen LogP contribution is 2.31. The molecule has 2 heterocycles. The summed E-state index contributed by atoms with van der Waals surface area (Å²) in [4.78, 5) is 21.9. The van der Waals surface area contributed by atoms with Crippen molar-refractivity contribution in [1.29, 1.82) is 0 Å². The van der Waals surface area contributed by atoms with Crippen LogP contribution in [0.15, 0.2) is 12.3 Å². The van der Waals surface area contributed by atoms with Gasteiger partial charge in [0.15, 0.2) is 0 Å². The van der Waals surface area contributed by atoms with E-state index in [0.29, 0.717) is 31.4 Å². The van der Waals surface area contributed by atoms with Gasteiger partial charge in [-0.25, -0.2) is 4.98 Å². The minimum absolute atomic E-state index is 0.430. The molecule has 0 amide bonds. The monoisotopic (exact) mass is 279 g/mol. The van der Waals surface area contributed by atoms with Crippen LogP contribution in [0.2, 0.25) is 0 Å². The smallest absolute Gasteiger partial charge is 0.311 e. The van der Waals surface area contributed by atoms with Crippen molar-refractivity contribution in [2.45, 2.75) is 33.1 Å². The summed E-state index contributed by atoms with van der Waals surface area (Å²) in [5.41, 5.74) is -0.734. The number of aliphatic carboxylic acids is 1. The third kappa shape index (κ3) is 3.18. The third-order valence-electron chi connectivity index (χ3n) is 3.57. The van der Waals surface area contributed by atoms with E-state index in [4.69, 9.17) is 4.74 Å². The molecule has 0 spiro atoms. The summed E-state index contributed by atoms with van der Waals surface area (Å²) in [6, 6.07) is 1.72. The average Bonchev–Trinajstić information content (AvgIpc) is 2.45. The highest BCUT2D eigenvalue weighted by atomic mass is 16.5. The number of piperidine rings is 1. The molecule has 1 unspecified atom stereocenters. The normalized spacial score (nSPS) is 22.6. The molecule has 6 nitrogen and oxygen atoms in total. The molecule has 1 fully saturated rings. The van der Waals surface area contributed by atoms with E-state index in [1.807, 2.05) is 11.8 Å². The Balaban J connectivity index is 2.12. The van der Waals surface area contributed by atoms with E-state index in [1.54, 1.807) is 19.2 Å². The van der Waals surface area contributed by atoms with Crippen LogP contribution in [0.5, 0.6) is 5.88 Å². The number of anilines is 1. The first-order valence-electron chi connectivity index (χ1n) is 6.99. The molecule has 1 aromatic heterocycles. The molecule has 6 heteroatoms. The molecular formula is C14H21N3O3. The van der Waals surface area contributed by atoms with Crippen molar-refractivity contribution in [2.75, 3.05) is 24.6 Å². The number of nitrogens with zero attached hydrogens (tertiary/aromatic N) is 3. The second-order valence-electron chi connectivity index (χ2n) is 5.43. The number of hydrogen-bond acceptors (Lipinski definition) is 5. The lowest BCUT2D eigenvalue weighted by Crippen LogP contribution is -2.46. The fourth-order valence-electron chi connectivity index (χ4n) is 2.36. The zero-order valence-corrected chi connectivity index (χ0v) is 12.0. The molecule has 0 saturated carbocycles. The van der Waals surface area contributed by atoms with Gasteiger partial charge in [0, 0.05) is 25.4 Å². The number of carbonyl (C=O) groups is 1. The van der Waals surface area contributed by atoms with Gasteiger partial charge in [-0.15, -0.1) is 0 Å². The van der Waals surface area contributed by atoms with Gasteiger partial charge in [0.05, 0.1) is 12.0 Å². The zero-order valence-electron chi connectivity index (χ0n) is 12.0. The predicted molar refractivity (Wildman–Crippen MR) is 75.0 cm³/mol. The standard InChI is InChI=1S/C14H21N3O3/c1-3-9-20-11-5-7-15-13(16-11)17-8-4-6-14(2,10-17)12(18)19/h5,7H,3-4,6,8-10H2,1-2H3,(H,18,19). The Bertz CT molecular complexity index is 480. The third-order valence-corrected chi connectivity index (χ3v) is 3.57. The van der Waals surface area contributed by atoms with Crippen molar-refractivity contribution >= 4 is 11.9 Å². The van der Waals surface area contributed by atoms with E-state index in [1.165, 1.54) is 0 Å². The molecule has 110 valence electrons. The first-order chi connectivity index (χ1) is 9.55. The van der Waals surface area contributed by atoms with Crippen LogP contribution in [0.1, 0.15) is 33.1 Å². The van der Waals surface area contributed by atoms with E-state index in [-0.39, 0.29) is 0 Å². The van der Waals surface area contributed by atoms with Crippen LogP contribution >= 0.6 is 0 Å². The SMILES string of the molecule is CCCOc1ccnc(N2CCCC(C)(C(=O)O)C2)n1. The fourth-order valence-corrected chi connectivity index (χ4v) is 2.36. The molecule has 0 aliphatic carbocycles. The van der Waals surface area contributed by atoms with E-state index in [0.717, 1.165) is 19.4 Å². The Morgan fingerprint density at radius 2 is 2.40 bits per heavy atom. The van der Waals surface area contributed by atoms with Crippen LogP contribution in [-0.4, -0.2) is 40.7 Å². The summed E-state index contributed by atoms with van der Waals surface area (Å²) < 4.78 is 5.49.